The number of aryl methyl sites for hydroxylation is 2. The molecule has 2 aromatic rings. The van der Waals surface area contributed by atoms with E-state index in [0.717, 1.165) is 27.4 Å². The molecule has 0 spiro atoms. The van der Waals surface area contributed by atoms with Crippen LogP contribution in [0.2, 0.25) is 0 Å². The first kappa shape index (κ1) is 18.2. The third-order valence-corrected chi connectivity index (χ3v) is 4.55. The first-order chi connectivity index (χ1) is 11.3. The van der Waals surface area contributed by atoms with Gasteiger partial charge >= 0.3 is 5.97 Å². The number of hydrogen-bond acceptors (Lipinski definition) is 4. The average Bonchev–Trinajstić information content (AvgIpc) is 2.95. The fraction of sp³-hybridized carbons (Fsp3) is 0.421. The summed E-state index contributed by atoms with van der Waals surface area (Å²) >= 11 is 1.57. The van der Waals surface area contributed by atoms with E-state index in [-0.39, 0.29) is 5.97 Å². The molecule has 0 bridgehead atoms. The maximum Gasteiger partial charge on any atom is 0.306 e. The van der Waals surface area contributed by atoms with Crippen LogP contribution in [0, 0.1) is 6.57 Å². The van der Waals surface area contributed by atoms with Crippen molar-refractivity contribution in [2.45, 2.75) is 52.6 Å². The van der Waals surface area contributed by atoms with Gasteiger partial charge in [0.1, 0.15) is 5.60 Å². The van der Waals surface area contributed by atoms with E-state index >= 15 is 0 Å². The van der Waals surface area contributed by atoms with Crippen LogP contribution in [0.25, 0.3) is 15.3 Å². The number of benzene rings is 1. The van der Waals surface area contributed by atoms with Gasteiger partial charge in [0, 0.05) is 12.8 Å². The lowest BCUT2D eigenvalue weighted by Crippen LogP contribution is -2.23. The summed E-state index contributed by atoms with van der Waals surface area (Å²) in [5.41, 5.74) is 1.63. The van der Waals surface area contributed by atoms with Crippen molar-refractivity contribution in [3.05, 3.63) is 46.3 Å². The van der Waals surface area contributed by atoms with Gasteiger partial charge in [0.15, 0.2) is 5.01 Å². The van der Waals surface area contributed by atoms with Crippen LogP contribution in [0.1, 0.15) is 44.7 Å². The van der Waals surface area contributed by atoms with Crippen molar-refractivity contribution in [3.8, 4) is 10.4 Å². The smallest absolute Gasteiger partial charge is 0.306 e. The minimum absolute atomic E-state index is 0.183. The molecular weight excluding hydrogens is 320 g/mol. The second-order valence-electron chi connectivity index (χ2n) is 6.51. The molecule has 1 heterocycles. The third-order valence-electron chi connectivity index (χ3n) is 3.32. The summed E-state index contributed by atoms with van der Waals surface area (Å²) in [6.45, 7) is 14.9. The number of rotatable bonds is 5. The van der Waals surface area contributed by atoms with Crippen LogP contribution in [0.3, 0.4) is 0 Å². The number of nitrogens with zero attached hydrogens (tertiary/aromatic N) is 2. The van der Waals surface area contributed by atoms with E-state index in [1.165, 1.54) is 0 Å². The van der Waals surface area contributed by atoms with Gasteiger partial charge in [-0.1, -0.05) is 37.8 Å². The molecule has 2 rings (SSSR count). The fourth-order valence-corrected chi connectivity index (χ4v) is 3.18. The molecule has 0 aliphatic carbocycles. The van der Waals surface area contributed by atoms with Gasteiger partial charge in [0.2, 0.25) is 0 Å². The number of esters is 1. The Balaban J connectivity index is 2.05. The highest BCUT2D eigenvalue weighted by Crippen LogP contribution is 2.36. The molecule has 0 N–H and O–H groups in total. The predicted octanol–water partition coefficient (Wildman–Crippen LogP) is 5.20. The Labute approximate surface area is 147 Å². The number of hydrogen-bond donors (Lipinski definition) is 0. The van der Waals surface area contributed by atoms with Crippen LogP contribution in [-0.2, 0) is 22.4 Å². The van der Waals surface area contributed by atoms with Crippen molar-refractivity contribution in [2.75, 3.05) is 0 Å². The molecule has 0 unspecified atom stereocenters. The Morgan fingerprint density at radius 3 is 2.50 bits per heavy atom. The number of aromatic nitrogens is 1. The molecule has 0 saturated carbocycles. The summed E-state index contributed by atoms with van der Waals surface area (Å²) < 4.78 is 5.32. The van der Waals surface area contributed by atoms with Crippen LogP contribution in [0.15, 0.2) is 24.3 Å². The molecule has 0 aliphatic heterocycles. The zero-order valence-corrected chi connectivity index (χ0v) is 15.4. The van der Waals surface area contributed by atoms with Gasteiger partial charge in [-0.05, 0) is 38.3 Å². The topological polar surface area (TPSA) is 43.5 Å². The average molecular weight is 342 g/mol. The van der Waals surface area contributed by atoms with Crippen molar-refractivity contribution in [3.63, 3.8) is 0 Å². The summed E-state index contributed by atoms with van der Waals surface area (Å²) in [7, 11) is 0. The van der Waals surface area contributed by atoms with Crippen LogP contribution < -0.4 is 0 Å². The Morgan fingerprint density at radius 1 is 1.29 bits per heavy atom. The summed E-state index contributed by atoms with van der Waals surface area (Å²) in [6, 6.07) is 7.98. The van der Waals surface area contributed by atoms with E-state index in [0.29, 0.717) is 18.7 Å². The number of carbonyl (C=O) groups excluding carboxylic acids is 1. The minimum Gasteiger partial charge on any atom is -0.460 e. The normalized spacial score (nSPS) is 11.1. The largest absolute Gasteiger partial charge is 0.460 e. The summed E-state index contributed by atoms with van der Waals surface area (Å²) in [5.74, 6) is 0.287. The van der Waals surface area contributed by atoms with Crippen molar-refractivity contribution < 1.29 is 9.53 Å². The summed E-state index contributed by atoms with van der Waals surface area (Å²) in [5, 5.41) is 0.977. The molecule has 0 aliphatic rings. The molecule has 5 heteroatoms. The third kappa shape index (κ3) is 4.90. The lowest BCUT2D eigenvalue weighted by molar-refractivity contribution is -0.154. The first-order valence-electron chi connectivity index (χ1n) is 8.00. The maximum absolute atomic E-state index is 11.8. The Morgan fingerprint density at radius 2 is 1.96 bits per heavy atom. The van der Waals surface area contributed by atoms with Crippen LogP contribution in [0.4, 0.5) is 5.82 Å². The maximum atomic E-state index is 11.8. The van der Waals surface area contributed by atoms with Crippen molar-refractivity contribution in [1.82, 2.24) is 4.98 Å². The number of thiazole rings is 1. The van der Waals surface area contributed by atoms with E-state index < -0.39 is 5.60 Å². The van der Waals surface area contributed by atoms with E-state index in [4.69, 9.17) is 11.3 Å². The van der Waals surface area contributed by atoms with Gasteiger partial charge in [-0.15, -0.1) is 16.3 Å². The standard InChI is InChI=1S/C19H22N2O2S/c1-6-15-21-18(20-5)17(24-15)14-10-7-13(8-11-14)9-12-16(22)23-19(2,3)4/h7-8,10-11H,6,9,12H2,1-4H3. The van der Waals surface area contributed by atoms with Crippen LogP contribution in [0.5, 0.6) is 0 Å². The van der Waals surface area contributed by atoms with E-state index in [9.17, 15) is 4.79 Å². The summed E-state index contributed by atoms with van der Waals surface area (Å²) in [4.78, 5) is 20.6. The minimum atomic E-state index is -0.444. The molecule has 1 aromatic carbocycles. The second kappa shape index (κ2) is 7.59. The Hall–Kier alpha value is -2.19. The van der Waals surface area contributed by atoms with Crippen LogP contribution >= 0.6 is 11.3 Å². The van der Waals surface area contributed by atoms with Crippen LogP contribution in [-0.4, -0.2) is 16.6 Å². The second-order valence-corrected chi connectivity index (χ2v) is 7.59. The molecule has 1 aromatic heterocycles. The fourth-order valence-electron chi connectivity index (χ4n) is 2.23. The molecule has 0 fully saturated rings. The predicted molar refractivity (Wildman–Crippen MR) is 97.4 cm³/mol. The zero-order chi connectivity index (χ0) is 17.7. The first-order valence-corrected chi connectivity index (χ1v) is 8.82. The Kier molecular flexibility index (Phi) is 5.74. The van der Waals surface area contributed by atoms with Gasteiger partial charge in [-0.2, -0.15) is 0 Å². The molecule has 0 amide bonds. The number of carbonyl (C=O) groups is 1. The highest BCUT2D eigenvalue weighted by atomic mass is 32.1. The zero-order valence-electron chi connectivity index (χ0n) is 14.5. The number of ether oxygens (including phenoxy) is 1. The molecule has 24 heavy (non-hydrogen) atoms. The lowest BCUT2D eigenvalue weighted by Gasteiger charge is -2.19. The van der Waals surface area contributed by atoms with E-state index in [1.807, 2.05) is 52.0 Å². The van der Waals surface area contributed by atoms with Gasteiger partial charge in [-0.3, -0.25) is 4.79 Å². The van der Waals surface area contributed by atoms with Gasteiger partial charge in [0.05, 0.1) is 4.88 Å². The molecule has 126 valence electrons. The van der Waals surface area contributed by atoms with Crippen molar-refractivity contribution in [1.29, 1.82) is 0 Å². The molecule has 0 saturated heterocycles. The van der Waals surface area contributed by atoms with E-state index in [2.05, 4.69) is 9.83 Å². The van der Waals surface area contributed by atoms with Gasteiger partial charge < -0.3 is 9.58 Å². The SMILES string of the molecule is [C-]#[N+]c1nc(CC)sc1-c1ccc(CCC(=O)OC(C)(C)C)cc1. The van der Waals surface area contributed by atoms with Crippen molar-refractivity contribution in [2.24, 2.45) is 0 Å². The lowest BCUT2D eigenvalue weighted by atomic mass is 10.1. The summed E-state index contributed by atoms with van der Waals surface area (Å²) in [6.07, 6.45) is 1.85. The van der Waals surface area contributed by atoms with Crippen molar-refractivity contribution >= 4 is 23.1 Å². The van der Waals surface area contributed by atoms with E-state index in [1.54, 1.807) is 11.3 Å². The monoisotopic (exact) mass is 342 g/mol. The molecule has 0 atom stereocenters. The Bertz CT molecular complexity index is 749. The highest BCUT2D eigenvalue weighted by Gasteiger charge is 2.16. The van der Waals surface area contributed by atoms with Gasteiger partial charge in [-0.25, -0.2) is 0 Å². The molecular formula is C19H22N2O2S. The molecule has 4 nitrogen and oxygen atoms in total. The van der Waals surface area contributed by atoms with Gasteiger partial charge in [0.25, 0.3) is 5.82 Å². The highest BCUT2D eigenvalue weighted by molar-refractivity contribution is 7.15. The molecule has 0 radical (unpaired) electrons. The quantitative estimate of drug-likeness (QED) is 0.554.